The molecular formula is C20H27ClN2O3. The molecule has 0 aromatic heterocycles. The van der Waals surface area contributed by atoms with Crippen molar-refractivity contribution in [1.82, 2.24) is 0 Å². The van der Waals surface area contributed by atoms with Crippen molar-refractivity contribution in [3.05, 3.63) is 60.2 Å². The first-order chi connectivity index (χ1) is 12.1. The van der Waals surface area contributed by atoms with Crippen LogP contribution in [-0.4, -0.2) is 25.2 Å². The highest BCUT2D eigenvalue weighted by Crippen LogP contribution is 2.13. The first-order valence-electron chi connectivity index (χ1n) is 8.53. The quantitative estimate of drug-likeness (QED) is 0.617. The van der Waals surface area contributed by atoms with Gasteiger partial charge in [0.1, 0.15) is 12.4 Å². The van der Waals surface area contributed by atoms with E-state index < -0.39 is 0 Å². The van der Waals surface area contributed by atoms with Crippen molar-refractivity contribution in [2.45, 2.75) is 32.4 Å². The Bertz CT molecular complexity index is 651. The van der Waals surface area contributed by atoms with E-state index in [2.05, 4.69) is 5.32 Å². The number of rotatable bonds is 10. The van der Waals surface area contributed by atoms with Gasteiger partial charge < -0.3 is 20.5 Å². The Morgan fingerprint density at radius 3 is 2.62 bits per heavy atom. The van der Waals surface area contributed by atoms with Gasteiger partial charge in [-0.3, -0.25) is 4.79 Å². The molecule has 26 heavy (non-hydrogen) atoms. The fraction of sp³-hybridized carbons (Fsp3) is 0.350. The number of carbonyl (C=O) groups excluding carboxylic acids is 1. The number of benzene rings is 2. The maximum absolute atomic E-state index is 11.8. The van der Waals surface area contributed by atoms with Crippen LogP contribution in [0.15, 0.2) is 54.6 Å². The van der Waals surface area contributed by atoms with Gasteiger partial charge in [-0.25, -0.2) is 0 Å². The molecule has 0 saturated heterocycles. The first kappa shape index (κ1) is 22.0. The Kier molecular flexibility index (Phi) is 10.4. The Balaban J connectivity index is 0.00000338. The smallest absolute Gasteiger partial charge is 0.224 e. The molecule has 0 heterocycles. The third kappa shape index (κ3) is 8.85. The summed E-state index contributed by atoms with van der Waals surface area (Å²) >= 11 is 0. The predicted molar refractivity (Wildman–Crippen MR) is 107 cm³/mol. The lowest BCUT2D eigenvalue weighted by atomic mass is 10.1. The van der Waals surface area contributed by atoms with Crippen molar-refractivity contribution in [3.63, 3.8) is 0 Å². The first-order valence-corrected chi connectivity index (χ1v) is 8.53. The zero-order valence-electron chi connectivity index (χ0n) is 15.0. The largest absolute Gasteiger partial charge is 0.491 e. The Morgan fingerprint density at radius 1 is 1.12 bits per heavy atom. The molecule has 0 aliphatic rings. The number of anilines is 1. The maximum Gasteiger partial charge on any atom is 0.224 e. The number of halogens is 1. The molecule has 3 N–H and O–H groups in total. The molecule has 5 nitrogen and oxygen atoms in total. The highest BCUT2D eigenvalue weighted by Gasteiger charge is 2.05. The van der Waals surface area contributed by atoms with Crippen molar-refractivity contribution in [1.29, 1.82) is 0 Å². The normalized spacial score (nSPS) is 11.3. The van der Waals surface area contributed by atoms with E-state index in [4.69, 9.17) is 15.2 Å². The zero-order valence-corrected chi connectivity index (χ0v) is 15.8. The lowest BCUT2D eigenvalue weighted by Gasteiger charge is -2.10. The number of nitrogens with two attached hydrogens (primary N) is 1. The van der Waals surface area contributed by atoms with E-state index in [0.717, 1.165) is 17.0 Å². The molecule has 1 atom stereocenters. The molecule has 0 spiro atoms. The van der Waals surface area contributed by atoms with Gasteiger partial charge in [-0.05, 0) is 43.2 Å². The van der Waals surface area contributed by atoms with Crippen LogP contribution in [0.25, 0.3) is 0 Å². The average Bonchev–Trinajstić information content (AvgIpc) is 2.61. The van der Waals surface area contributed by atoms with Crippen molar-refractivity contribution >= 4 is 24.0 Å². The molecule has 142 valence electrons. The van der Waals surface area contributed by atoms with Gasteiger partial charge in [0.2, 0.25) is 5.91 Å². The van der Waals surface area contributed by atoms with E-state index >= 15 is 0 Å². The van der Waals surface area contributed by atoms with Crippen LogP contribution in [-0.2, 0) is 16.1 Å². The summed E-state index contributed by atoms with van der Waals surface area (Å²) in [5, 5.41) is 2.89. The van der Waals surface area contributed by atoms with E-state index in [-0.39, 0.29) is 24.4 Å². The van der Waals surface area contributed by atoms with Gasteiger partial charge in [0, 0.05) is 18.2 Å². The Morgan fingerprint density at radius 2 is 1.88 bits per heavy atom. The molecule has 0 aliphatic carbocycles. The fourth-order valence-corrected chi connectivity index (χ4v) is 2.25. The van der Waals surface area contributed by atoms with Crippen LogP contribution in [0.5, 0.6) is 5.75 Å². The fourth-order valence-electron chi connectivity index (χ4n) is 2.25. The van der Waals surface area contributed by atoms with Gasteiger partial charge in [0.05, 0.1) is 13.2 Å². The summed E-state index contributed by atoms with van der Waals surface area (Å²) in [4.78, 5) is 11.8. The number of para-hydroxylation sites is 1. The summed E-state index contributed by atoms with van der Waals surface area (Å²) in [7, 11) is 0. The predicted octanol–water partition coefficient (Wildman–Crippen LogP) is 3.77. The number of nitrogens with one attached hydrogen (secondary N) is 1. The minimum absolute atomic E-state index is 0. The summed E-state index contributed by atoms with van der Waals surface area (Å²) in [6, 6.07) is 17.3. The molecule has 2 rings (SSSR count). The molecule has 2 aromatic rings. The summed E-state index contributed by atoms with van der Waals surface area (Å²) in [5.41, 5.74) is 7.45. The number of ether oxygens (including phenoxy) is 2. The van der Waals surface area contributed by atoms with Crippen molar-refractivity contribution in [3.8, 4) is 5.75 Å². The summed E-state index contributed by atoms with van der Waals surface area (Å²) in [6.45, 7) is 3.37. The lowest BCUT2D eigenvalue weighted by Crippen LogP contribution is -2.19. The van der Waals surface area contributed by atoms with Crippen LogP contribution in [0.2, 0.25) is 0 Å². The minimum atomic E-state index is -0.0216. The molecule has 0 radical (unpaired) electrons. The van der Waals surface area contributed by atoms with Gasteiger partial charge >= 0.3 is 0 Å². The molecular weight excluding hydrogens is 352 g/mol. The summed E-state index contributed by atoms with van der Waals surface area (Å²) < 4.78 is 11.2. The van der Waals surface area contributed by atoms with E-state index in [9.17, 15) is 4.79 Å². The maximum atomic E-state index is 11.8. The van der Waals surface area contributed by atoms with E-state index in [1.807, 2.05) is 61.5 Å². The second kappa shape index (κ2) is 12.3. The zero-order chi connectivity index (χ0) is 17.9. The molecule has 1 amide bonds. The molecule has 0 aliphatic heterocycles. The van der Waals surface area contributed by atoms with Crippen molar-refractivity contribution in [2.75, 3.05) is 18.5 Å². The molecule has 6 heteroatoms. The van der Waals surface area contributed by atoms with Gasteiger partial charge in [-0.1, -0.05) is 30.3 Å². The third-order valence-corrected chi connectivity index (χ3v) is 3.55. The summed E-state index contributed by atoms with van der Waals surface area (Å²) in [5.74, 6) is 0.814. The highest BCUT2D eigenvalue weighted by molar-refractivity contribution is 5.90. The Labute approximate surface area is 161 Å². The van der Waals surface area contributed by atoms with Crippen LogP contribution < -0.4 is 15.8 Å². The standard InChI is InChI=1S/C20H26N2O3.ClH/c1-16(21)10-11-20(23)22-18-7-5-6-17(14-18)15-24-12-13-25-19-8-3-2-4-9-19;/h2-9,14,16H,10-13,15,21H2,1H3,(H,22,23);1H. The number of amides is 1. The van der Waals surface area contributed by atoms with Gasteiger partial charge in [-0.2, -0.15) is 0 Å². The van der Waals surface area contributed by atoms with Crippen LogP contribution in [0.4, 0.5) is 5.69 Å². The molecule has 0 saturated carbocycles. The van der Waals surface area contributed by atoms with E-state index in [1.165, 1.54) is 0 Å². The second-order valence-corrected chi connectivity index (χ2v) is 5.98. The van der Waals surface area contributed by atoms with E-state index in [0.29, 0.717) is 32.7 Å². The third-order valence-electron chi connectivity index (χ3n) is 3.55. The van der Waals surface area contributed by atoms with Crippen LogP contribution in [0.1, 0.15) is 25.3 Å². The van der Waals surface area contributed by atoms with Crippen LogP contribution in [0.3, 0.4) is 0 Å². The topological polar surface area (TPSA) is 73.6 Å². The van der Waals surface area contributed by atoms with Gasteiger partial charge in [0.15, 0.2) is 0 Å². The number of hydrogen-bond acceptors (Lipinski definition) is 4. The number of carbonyl (C=O) groups is 1. The van der Waals surface area contributed by atoms with Gasteiger partial charge in [-0.15, -0.1) is 12.4 Å². The molecule has 1 unspecified atom stereocenters. The van der Waals surface area contributed by atoms with Crippen molar-refractivity contribution in [2.24, 2.45) is 5.73 Å². The lowest BCUT2D eigenvalue weighted by molar-refractivity contribution is -0.116. The SMILES string of the molecule is CC(N)CCC(=O)Nc1cccc(COCCOc2ccccc2)c1.Cl. The molecule has 2 aromatic carbocycles. The summed E-state index contributed by atoms with van der Waals surface area (Å²) in [6.07, 6.45) is 1.10. The minimum Gasteiger partial charge on any atom is -0.491 e. The monoisotopic (exact) mass is 378 g/mol. The second-order valence-electron chi connectivity index (χ2n) is 5.98. The highest BCUT2D eigenvalue weighted by atomic mass is 35.5. The molecule has 0 bridgehead atoms. The van der Waals surface area contributed by atoms with Crippen molar-refractivity contribution < 1.29 is 14.3 Å². The van der Waals surface area contributed by atoms with E-state index in [1.54, 1.807) is 0 Å². The Hall–Kier alpha value is -2.08. The number of hydrogen-bond donors (Lipinski definition) is 2. The molecule has 0 fully saturated rings. The van der Waals surface area contributed by atoms with Crippen LogP contribution in [0, 0.1) is 0 Å². The van der Waals surface area contributed by atoms with Crippen LogP contribution >= 0.6 is 12.4 Å². The average molecular weight is 379 g/mol. The van der Waals surface area contributed by atoms with Gasteiger partial charge in [0.25, 0.3) is 0 Å².